The molecule has 0 spiro atoms. The van der Waals surface area contributed by atoms with Crippen LogP contribution >= 0.6 is 0 Å². The molecule has 1 aliphatic rings. The highest BCUT2D eigenvalue weighted by molar-refractivity contribution is 5.94. The third kappa shape index (κ3) is 3.64. The maximum Gasteiger partial charge on any atom is 0.233 e. The molecule has 118 valence electrons. The van der Waals surface area contributed by atoms with E-state index in [4.69, 9.17) is 0 Å². The Labute approximate surface area is 127 Å². The normalized spacial score (nSPS) is 23.0. The van der Waals surface area contributed by atoms with Crippen LogP contribution in [0.2, 0.25) is 0 Å². The first-order valence-electron chi connectivity index (χ1n) is 7.95. The number of carbonyl (C=O) groups is 1. The van der Waals surface area contributed by atoms with Gasteiger partial charge >= 0.3 is 0 Å². The van der Waals surface area contributed by atoms with Gasteiger partial charge in [0.1, 0.15) is 0 Å². The molecule has 1 amide bonds. The highest BCUT2D eigenvalue weighted by Gasteiger charge is 2.39. The van der Waals surface area contributed by atoms with Crippen LogP contribution in [-0.2, 0) is 10.2 Å². The third-order valence-electron chi connectivity index (χ3n) is 4.31. The average Bonchev–Trinajstić information content (AvgIpc) is 2.88. The van der Waals surface area contributed by atoms with Gasteiger partial charge in [0.2, 0.25) is 5.91 Å². The minimum Gasteiger partial charge on any atom is -0.316 e. The summed E-state index contributed by atoms with van der Waals surface area (Å²) in [6.07, 6.45) is 3.95. The van der Waals surface area contributed by atoms with Crippen molar-refractivity contribution in [3.8, 4) is 0 Å². The van der Waals surface area contributed by atoms with E-state index >= 15 is 0 Å². The molecule has 3 N–H and O–H groups in total. The summed E-state index contributed by atoms with van der Waals surface area (Å²) in [6, 6.07) is 1.94. The van der Waals surface area contributed by atoms with Crippen LogP contribution in [0.5, 0.6) is 0 Å². The molecule has 0 bridgehead atoms. The first-order valence-corrected chi connectivity index (χ1v) is 7.95. The van der Waals surface area contributed by atoms with Gasteiger partial charge in [-0.05, 0) is 25.8 Å². The molecule has 1 atom stereocenters. The summed E-state index contributed by atoms with van der Waals surface area (Å²) in [7, 11) is 0. The number of aromatic amines is 1. The molecular formula is C16H28N4O. The number of nitrogens with one attached hydrogen (secondary N) is 3. The fourth-order valence-electron chi connectivity index (χ4n) is 2.99. The maximum absolute atomic E-state index is 12.7. The average molecular weight is 292 g/mol. The summed E-state index contributed by atoms with van der Waals surface area (Å²) < 4.78 is 0. The van der Waals surface area contributed by atoms with Gasteiger partial charge < -0.3 is 10.6 Å². The van der Waals surface area contributed by atoms with Gasteiger partial charge in [-0.3, -0.25) is 9.89 Å². The Balaban J connectivity index is 2.10. The molecule has 1 saturated heterocycles. The molecular weight excluding hydrogens is 264 g/mol. The lowest BCUT2D eigenvalue weighted by atomic mass is 9.76. The van der Waals surface area contributed by atoms with Crippen LogP contribution in [0.1, 0.15) is 59.1 Å². The number of nitrogens with zero attached hydrogens (tertiary/aromatic N) is 1. The zero-order valence-corrected chi connectivity index (χ0v) is 13.7. The Hall–Kier alpha value is -1.36. The van der Waals surface area contributed by atoms with Crippen molar-refractivity contribution in [2.24, 2.45) is 5.41 Å². The van der Waals surface area contributed by atoms with Crippen LogP contribution in [0.15, 0.2) is 6.07 Å². The van der Waals surface area contributed by atoms with Crippen LogP contribution < -0.4 is 10.6 Å². The molecule has 5 nitrogen and oxygen atoms in total. The highest BCUT2D eigenvalue weighted by Crippen LogP contribution is 2.33. The van der Waals surface area contributed by atoms with Gasteiger partial charge in [0, 0.05) is 23.7 Å². The van der Waals surface area contributed by atoms with Crippen molar-refractivity contribution in [2.75, 3.05) is 18.4 Å². The zero-order valence-electron chi connectivity index (χ0n) is 13.7. The van der Waals surface area contributed by atoms with Crippen molar-refractivity contribution in [1.82, 2.24) is 15.5 Å². The second-order valence-corrected chi connectivity index (χ2v) is 7.18. The van der Waals surface area contributed by atoms with Crippen LogP contribution in [0.4, 0.5) is 5.82 Å². The molecule has 1 aromatic rings. The summed E-state index contributed by atoms with van der Waals surface area (Å²) in [6.45, 7) is 10.3. The van der Waals surface area contributed by atoms with E-state index in [0.717, 1.165) is 44.5 Å². The number of aromatic nitrogens is 2. The SMILES string of the molecule is CCCC1(C(=O)Nc2cc(C(C)(C)C)[nH]n2)CCCNC1. The Bertz CT molecular complexity index is 475. The van der Waals surface area contributed by atoms with E-state index in [1.165, 1.54) is 0 Å². The summed E-state index contributed by atoms with van der Waals surface area (Å²) >= 11 is 0. The fourth-order valence-corrected chi connectivity index (χ4v) is 2.99. The minimum absolute atomic E-state index is 0.00345. The molecule has 1 aliphatic heterocycles. The second-order valence-electron chi connectivity index (χ2n) is 7.18. The summed E-state index contributed by atoms with van der Waals surface area (Å²) in [5.41, 5.74) is 0.751. The molecule has 0 radical (unpaired) electrons. The molecule has 0 saturated carbocycles. The van der Waals surface area contributed by atoms with Crippen molar-refractivity contribution in [3.63, 3.8) is 0 Å². The number of H-pyrrole nitrogens is 1. The number of hydrogen-bond acceptors (Lipinski definition) is 3. The quantitative estimate of drug-likeness (QED) is 0.799. The van der Waals surface area contributed by atoms with E-state index in [9.17, 15) is 4.79 Å². The largest absolute Gasteiger partial charge is 0.316 e. The predicted octanol–water partition coefficient (Wildman–Crippen LogP) is 2.82. The summed E-state index contributed by atoms with van der Waals surface area (Å²) in [5, 5.41) is 13.6. The third-order valence-corrected chi connectivity index (χ3v) is 4.31. The van der Waals surface area contributed by atoms with Gasteiger partial charge in [-0.1, -0.05) is 34.1 Å². The van der Waals surface area contributed by atoms with Crippen molar-refractivity contribution in [3.05, 3.63) is 11.8 Å². The molecule has 1 fully saturated rings. The van der Waals surface area contributed by atoms with Crippen LogP contribution in [0, 0.1) is 5.41 Å². The van der Waals surface area contributed by atoms with Gasteiger partial charge in [-0.25, -0.2) is 0 Å². The lowest BCUT2D eigenvalue weighted by Gasteiger charge is -2.35. The van der Waals surface area contributed by atoms with Gasteiger partial charge in [0.25, 0.3) is 0 Å². The Morgan fingerprint density at radius 1 is 1.48 bits per heavy atom. The number of hydrogen-bond donors (Lipinski definition) is 3. The van der Waals surface area contributed by atoms with E-state index in [2.05, 4.69) is 48.5 Å². The number of amides is 1. The molecule has 1 unspecified atom stereocenters. The van der Waals surface area contributed by atoms with Crippen molar-refractivity contribution < 1.29 is 4.79 Å². The fraction of sp³-hybridized carbons (Fsp3) is 0.750. The summed E-state index contributed by atoms with van der Waals surface area (Å²) in [4.78, 5) is 12.7. The van der Waals surface area contributed by atoms with Crippen LogP contribution in [0.3, 0.4) is 0 Å². The van der Waals surface area contributed by atoms with Gasteiger partial charge in [-0.15, -0.1) is 0 Å². The maximum atomic E-state index is 12.7. The molecule has 2 rings (SSSR count). The number of piperidine rings is 1. The lowest BCUT2D eigenvalue weighted by molar-refractivity contribution is -0.127. The Kier molecular flexibility index (Phi) is 4.71. The van der Waals surface area contributed by atoms with Gasteiger partial charge in [-0.2, -0.15) is 5.10 Å². The van der Waals surface area contributed by atoms with E-state index < -0.39 is 0 Å². The monoisotopic (exact) mass is 292 g/mol. The van der Waals surface area contributed by atoms with Gasteiger partial charge in [0.05, 0.1) is 5.41 Å². The molecule has 21 heavy (non-hydrogen) atoms. The van der Waals surface area contributed by atoms with E-state index in [1.807, 2.05) is 6.07 Å². The first kappa shape index (κ1) is 16.0. The standard InChI is InChI=1S/C16H28N4O/c1-5-7-16(8-6-9-17-11-16)14(21)18-13-10-12(19-20-13)15(2,3)4/h10,17H,5-9,11H2,1-4H3,(H2,18,19,20,21). The molecule has 1 aromatic heterocycles. The number of anilines is 1. The molecule has 2 heterocycles. The second kappa shape index (κ2) is 6.18. The topological polar surface area (TPSA) is 69.8 Å². The van der Waals surface area contributed by atoms with Crippen molar-refractivity contribution in [1.29, 1.82) is 0 Å². The highest BCUT2D eigenvalue weighted by atomic mass is 16.2. The Morgan fingerprint density at radius 3 is 2.76 bits per heavy atom. The van der Waals surface area contributed by atoms with E-state index in [0.29, 0.717) is 5.82 Å². The van der Waals surface area contributed by atoms with Crippen molar-refractivity contribution >= 4 is 11.7 Å². The smallest absolute Gasteiger partial charge is 0.233 e. The van der Waals surface area contributed by atoms with Gasteiger partial charge in [0.15, 0.2) is 5.82 Å². The van der Waals surface area contributed by atoms with Crippen molar-refractivity contribution in [2.45, 2.75) is 58.8 Å². The molecule has 0 aliphatic carbocycles. The first-order chi connectivity index (χ1) is 9.87. The number of carbonyl (C=O) groups excluding carboxylic acids is 1. The predicted molar refractivity (Wildman–Crippen MR) is 85.4 cm³/mol. The molecule has 5 heteroatoms. The molecule has 0 aromatic carbocycles. The summed E-state index contributed by atoms with van der Waals surface area (Å²) in [5.74, 6) is 0.731. The number of rotatable bonds is 4. The minimum atomic E-state index is -0.284. The van der Waals surface area contributed by atoms with E-state index in [-0.39, 0.29) is 16.7 Å². The van der Waals surface area contributed by atoms with Crippen LogP contribution in [-0.4, -0.2) is 29.2 Å². The van der Waals surface area contributed by atoms with Crippen LogP contribution in [0.25, 0.3) is 0 Å². The van der Waals surface area contributed by atoms with E-state index in [1.54, 1.807) is 0 Å². The zero-order chi connectivity index (χ0) is 15.5. The lowest BCUT2D eigenvalue weighted by Crippen LogP contribution is -2.48. The Morgan fingerprint density at radius 2 is 2.24 bits per heavy atom.